The predicted octanol–water partition coefficient (Wildman–Crippen LogP) is 5.36. The van der Waals surface area contributed by atoms with Gasteiger partial charge >= 0.3 is 5.97 Å². The van der Waals surface area contributed by atoms with E-state index in [1.54, 1.807) is 0 Å². The fourth-order valence-corrected chi connectivity index (χ4v) is 4.60. The lowest BCUT2D eigenvalue weighted by molar-refractivity contribution is -0.137. The van der Waals surface area contributed by atoms with Gasteiger partial charge in [-0.05, 0) is 42.8 Å². The van der Waals surface area contributed by atoms with Crippen molar-refractivity contribution in [1.82, 2.24) is 0 Å². The topological polar surface area (TPSA) is 74.7 Å². The molecule has 0 saturated carbocycles. The predicted molar refractivity (Wildman–Crippen MR) is 104 cm³/mol. The minimum Gasteiger partial charge on any atom is -0.481 e. The molecule has 2 rings (SSSR count). The van der Waals surface area contributed by atoms with Crippen LogP contribution in [0.15, 0.2) is 41.3 Å². The van der Waals surface area contributed by atoms with Gasteiger partial charge in [0.25, 0.3) is 10.0 Å². The number of sulfonamides is 1. The summed E-state index contributed by atoms with van der Waals surface area (Å²) in [4.78, 5) is 10.7. The van der Waals surface area contributed by atoms with Crippen molar-refractivity contribution in [3.05, 3.63) is 56.5 Å². The summed E-state index contributed by atoms with van der Waals surface area (Å²) in [6.07, 6.45) is -0.0955. The molecule has 0 atom stereocenters. The molecule has 0 aromatic heterocycles. The quantitative estimate of drug-likeness (QED) is 0.608. The zero-order valence-corrected chi connectivity index (χ0v) is 17.0. The molecule has 0 aliphatic heterocycles. The molecule has 10 heteroatoms. The van der Waals surface area contributed by atoms with Crippen molar-refractivity contribution >= 4 is 68.1 Å². The molecule has 0 aliphatic carbocycles. The number of carbonyl (C=O) groups is 1. The van der Waals surface area contributed by atoms with Crippen LogP contribution >= 0.6 is 46.4 Å². The number of hydrogen-bond acceptors (Lipinski definition) is 3. The third-order valence-electron chi connectivity index (χ3n) is 3.37. The summed E-state index contributed by atoms with van der Waals surface area (Å²) in [5.41, 5.74) is 0.221. The molecule has 0 saturated heterocycles. The molecule has 5 nitrogen and oxygen atoms in total. The van der Waals surface area contributed by atoms with Crippen LogP contribution in [0.2, 0.25) is 20.1 Å². The van der Waals surface area contributed by atoms with E-state index in [0.29, 0.717) is 0 Å². The van der Waals surface area contributed by atoms with E-state index in [1.807, 2.05) is 0 Å². The number of benzene rings is 2. The maximum atomic E-state index is 13.1. The van der Waals surface area contributed by atoms with Crippen LogP contribution in [0, 0.1) is 0 Å². The maximum absolute atomic E-state index is 13.1. The molecule has 0 amide bonds. The van der Waals surface area contributed by atoms with Gasteiger partial charge in [-0.15, -0.1) is 0 Å². The second-order valence-corrected chi connectivity index (χ2v) is 8.83. The molecule has 2 aromatic rings. The number of aliphatic carboxylic acids is 1. The fraction of sp³-hybridized carbons (Fsp3) is 0.188. The van der Waals surface area contributed by atoms with Crippen LogP contribution < -0.4 is 4.31 Å². The average molecular weight is 457 g/mol. The second kappa shape index (κ2) is 8.67. The Hall–Kier alpha value is -1.18. The Bertz CT molecular complexity index is 914. The third kappa shape index (κ3) is 5.18. The van der Waals surface area contributed by atoms with E-state index in [2.05, 4.69) is 0 Å². The van der Waals surface area contributed by atoms with Crippen LogP contribution in [-0.2, 0) is 14.8 Å². The van der Waals surface area contributed by atoms with E-state index in [9.17, 15) is 13.2 Å². The van der Waals surface area contributed by atoms with E-state index < -0.39 is 16.0 Å². The molecule has 0 spiro atoms. The molecule has 0 heterocycles. The molecule has 0 unspecified atom stereocenters. The van der Waals surface area contributed by atoms with Crippen molar-refractivity contribution in [3.8, 4) is 0 Å². The summed E-state index contributed by atoms with van der Waals surface area (Å²) in [6, 6.07) is 8.26. The number of carboxylic acid groups (broad SMARTS) is 1. The molecular formula is C16H13Cl4NO4S. The van der Waals surface area contributed by atoms with Gasteiger partial charge in [-0.3, -0.25) is 9.10 Å². The average Bonchev–Trinajstić information content (AvgIpc) is 2.52. The summed E-state index contributed by atoms with van der Waals surface area (Å²) < 4.78 is 27.2. The molecule has 140 valence electrons. The first kappa shape index (κ1) is 21.1. The normalized spacial score (nSPS) is 11.4. The Morgan fingerprint density at radius 1 is 0.962 bits per heavy atom. The number of hydrogen-bond donors (Lipinski definition) is 1. The molecule has 0 radical (unpaired) electrons. The van der Waals surface area contributed by atoms with Gasteiger partial charge in [-0.1, -0.05) is 46.4 Å². The third-order valence-corrected chi connectivity index (χ3v) is 6.36. The Kier molecular flexibility index (Phi) is 7.05. The summed E-state index contributed by atoms with van der Waals surface area (Å²) in [7, 11) is -4.04. The standard InChI is InChI=1S/C16H13Cl4NO4S/c17-10-6-11(18)8-12(7-10)21(5-1-2-16(22)23)26(24,25)13-3-4-14(19)15(20)9-13/h3-4,6-9H,1-2,5H2,(H,22,23). The van der Waals surface area contributed by atoms with Gasteiger partial charge in [0.05, 0.1) is 20.6 Å². The molecular weight excluding hydrogens is 444 g/mol. The van der Waals surface area contributed by atoms with Gasteiger partial charge in [-0.25, -0.2) is 8.42 Å². The second-order valence-electron chi connectivity index (χ2n) is 5.28. The van der Waals surface area contributed by atoms with Gasteiger partial charge in [0.15, 0.2) is 0 Å². The Morgan fingerprint density at radius 3 is 2.12 bits per heavy atom. The number of halogens is 4. The summed E-state index contributed by atoms with van der Waals surface area (Å²) in [5, 5.41) is 9.63. The van der Waals surface area contributed by atoms with Crippen LogP contribution in [0.5, 0.6) is 0 Å². The monoisotopic (exact) mass is 455 g/mol. The molecule has 0 fully saturated rings. The first-order chi connectivity index (χ1) is 12.1. The van der Waals surface area contributed by atoms with Crippen molar-refractivity contribution in [2.75, 3.05) is 10.8 Å². The maximum Gasteiger partial charge on any atom is 0.303 e. The number of nitrogens with zero attached hydrogens (tertiary/aromatic N) is 1. The zero-order chi connectivity index (χ0) is 19.5. The molecule has 0 bridgehead atoms. The van der Waals surface area contributed by atoms with Gasteiger partial charge < -0.3 is 5.11 Å². The van der Waals surface area contributed by atoms with Crippen LogP contribution in [0.1, 0.15) is 12.8 Å². The Morgan fingerprint density at radius 2 is 1.58 bits per heavy atom. The number of rotatable bonds is 7. The minimum atomic E-state index is -4.04. The van der Waals surface area contributed by atoms with Gasteiger partial charge in [-0.2, -0.15) is 0 Å². The van der Waals surface area contributed by atoms with Crippen molar-refractivity contribution < 1.29 is 18.3 Å². The van der Waals surface area contributed by atoms with Crippen molar-refractivity contribution in [3.63, 3.8) is 0 Å². The first-order valence-electron chi connectivity index (χ1n) is 7.27. The summed E-state index contributed by atoms with van der Waals surface area (Å²) >= 11 is 23.7. The van der Waals surface area contributed by atoms with E-state index >= 15 is 0 Å². The Balaban J connectivity index is 2.50. The highest BCUT2D eigenvalue weighted by atomic mass is 35.5. The number of anilines is 1. The van der Waals surface area contributed by atoms with E-state index in [0.717, 1.165) is 4.31 Å². The number of carboxylic acids is 1. The fourth-order valence-electron chi connectivity index (χ4n) is 2.21. The van der Waals surface area contributed by atoms with Gasteiger partial charge in [0.1, 0.15) is 0 Å². The minimum absolute atomic E-state index is 0.0778. The van der Waals surface area contributed by atoms with Crippen molar-refractivity contribution in [2.24, 2.45) is 0 Å². The molecule has 0 aliphatic rings. The van der Waals surface area contributed by atoms with Crippen LogP contribution in [0.3, 0.4) is 0 Å². The summed E-state index contributed by atoms with van der Waals surface area (Å²) in [5.74, 6) is -1.03. The smallest absolute Gasteiger partial charge is 0.303 e. The molecule has 26 heavy (non-hydrogen) atoms. The molecule has 1 N–H and O–H groups in total. The largest absolute Gasteiger partial charge is 0.481 e. The van der Waals surface area contributed by atoms with Gasteiger partial charge in [0, 0.05) is 23.0 Å². The summed E-state index contributed by atoms with van der Waals surface area (Å²) in [6.45, 7) is -0.0778. The van der Waals surface area contributed by atoms with E-state index in [1.165, 1.54) is 36.4 Å². The SMILES string of the molecule is O=C(O)CCCN(c1cc(Cl)cc(Cl)c1)S(=O)(=O)c1ccc(Cl)c(Cl)c1. The van der Waals surface area contributed by atoms with E-state index in [-0.39, 0.29) is 50.1 Å². The molecule has 2 aromatic carbocycles. The van der Waals surface area contributed by atoms with Crippen molar-refractivity contribution in [1.29, 1.82) is 0 Å². The highest BCUT2D eigenvalue weighted by Gasteiger charge is 2.26. The highest BCUT2D eigenvalue weighted by Crippen LogP contribution is 2.32. The highest BCUT2D eigenvalue weighted by molar-refractivity contribution is 7.92. The zero-order valence-electron chi connectivity index (χ0n) is 13.1. The lowest BCUT2D eigenvalue weighted by Gasteiger charge is -2.25. The lowest BCUT2D eigenvalue weighted by Crippen LogP contribution is -2.32. The van der Waals surface area contributed by atoms with Crippen LogP contribution in [0.4, 0.5) is 5.69 Å². The Labute approximate surface area is 171 Å². The van der Waals surface area contributed by atoms with Crippen LogP contribution in [-0.4, -0.2) is 26.0 Å². The van der Waals surface area contributed by atoms with Crippen LogP contribution in [0.25, 0.3) is 0 Å². The first-order valence-corrected chi connectivity index (χ1v) is 10.2. The van der Waals surface area contributed by atoms with Gasteiger partial charge in [0.2, 0.25) is 0 Å². The lowest BCUT2D eigenvalue weighted by atomic mass is 10.3. The van der Waals surface area contributed by atoms with E-state index in [4.69, 9.17) is 51.5 Å². The van der Waals surface area contributed by atoms with Crippen molar-refractivity contribution in [2.45, 2.75) is 17.7 Å².